The monoisotopic (exact) mass is 235 g/mol. The molecule has 2 aliphatic rings. The minimum absolute atomic E-state index is 0.446. The molecule has 1 aromatic rings. The molecule has 1 saturated heterocycles. The highest BCUT2D eigenvalue weighted by molar-refractivity contribution is 7.94. The van der Waals surface area contributed by atoms with Gasteiger partial charge in [-0.3, -0.25) is 0 Å². The summed E-state index contributed by atoms with van der Waals surface area (Å²) in [5, 5.41) is 4.60. The summed E-state index contributed by atoms with van der Waals surface area (Å²) in [6.45, 7) is 2.05. The first-order valence-electron chi connectivity index (χ1n) is 5.45. The fraction of sp³-hybridized carbons (Fsp3) is 0.333. The summed E-state index contributed by atoms with van der Waals surface area (Å²) < 4.78 is 23.2. The molecule has 1 unspecified atom stereocenters. The van der Waals surface area contributed by atoms with Crippen LogP contribution in [0.25, 0.3) is 6.08 Å². The summed E-state index contributed by atoms with van der Waals surface area (Å²) in [7, 11) is -3.14. The van der Waals surface area contributed by atoms with E-state index in [-0.39, 0.29) is 0 Å². The van der Waals surface area contributed by atoms with E-state index in [0.717, 1.165) is 25.1 Å². The zero-order valence-electron chi connectivity index (χ0n) is 8.81. The third-order valence-corrected chi connectivity index (χ3v) is 4.78. The first-order chi connectivity index (χ1) is 7.67. The first kappa shape index (κ1) is 10.1. The van der Waals surface area contributed by atoms with Gasteiger partial charge in [0.2, 0.25) is 0 Å². The van der Waals surface area contributed by atoms with Crippen molar-refractivity contribution in [1.29, 1.82) is 0 Å². The van der Waals surface area contributed by atoms with Gasteiger partial charge in [-0.2, -0.15) is 0 Å². The molecular formula is C12H13NO2S. The minimum Gasteiger partial charge on any atom is -0.316 e. The molecule has 3 nitrogen and oxygen atoms in total. The lowest BCUT2D eigenvalue weighted by atomic mass is 9.97. The van der Waals surface area contributed by atoms with E-state index in [4.69, 9.17) is 0 Å². The van der Waals surface area contributed by atoms with Gasteiger partial charge in [-0.05, 0) is 42.2 Å². The van der Waals surface area contributed by atoms with E-state index in [0.29, 0.717) is 10.8 Å². The summed E-state index contributed by atoms with van der Waals surface area (Å²) in [5.41, 5.74) is 2.08. The number of benzene rings is 1. The Kier molecular flexibility index (Phi) is 2.16. The Balaban J connectivity index is 2.04. The highest BCUT2D eigenvalue weighted by Gasteiger charge is 2.23. The molecular weight excluding hydrogens is 222 g/mol. The van der Waals surface area contributed by atoms with Crippen LogP contribution in [-0.2, 0) is 9.84 Å². The van der Waals surface area contributed by atoms with E-state index in [9.17, 15) is 8.42 Å². The van der Waals surface area contributed by atoms with Crippen molar-refractivity contribution < 1.29 is 8.42 Å². The third-order valence-electron chi connectivity index (χ3n) is 3.30. The molecule has 2 aliphatic heterocycles. The van der Waals surface area contributed by atoms with E-state index in [2.05, 4.69) is 5.32 Å². The van der Waals surface area contributed by atoms with Crippen LogP contribution in [0.15, 0.2) is 28.5 Å². The fourth-order valence-electron chi connectivity index (χ4n) is 2.39. The number of fused-ring (bicyclic) bond motifs is 1. The summed E-state index contributed by atoms with van der Waals surface area (Å²) in [6.07, 6.45) is 2.83. The van der Waals surface area contributed by atoms with Gasteiger partial charge in [-0.1, -0.05) is 12.1 Å². The molecule has 4 heteroatoms. The largest absolute Gasteiger partial charge is 0.316 e. The molecule has 0 saturated carbocycles. The number of hydrogen-bond acceptors (Lipinski definition) is 3. The van der Waals surface area contributed by atoms with E-state index < -0.39 is 9.84 Å². The summed E-state index contributed by atoms with van der Waals surface area (Å²) >= 11 is 0. The standard InChI is InChI=1S/C12H13NO2S/c14-16(15)6-4-10-7-9(1-2-12(10)16)11-3-5-13-8-11/h1-2,4,6-7,11,13H,3,5,8H2. The molecule has 2 heterocycles. The van der Waals surface area contributed by atoms with Gasteiger partial charge in [0.1, 0.15) is 0 Å². The molecule has 0 aromatic heterocycles. The predicted octanol–water partition coefficient (Wildman–Crippen LogP) is 1.52. The van der Waals surface area contributed by atoms with Crippen LogP contribution in [0.1, 0.15) is 23.5 Å². The Morgan fingerprint density at radius 3 is 2.94 bits per heavy atom. The van der Waals surface area contributed by atoms with E-state index >= 15 is 0 Å². The average Bonchev–Trinajstić information content (AvgIpc) is 2.87. The molecule has 1 fully saturated rings. The number of sulfone groups is 1. The second-order valence-corrected chi connectivity index (χ2v) is 6.14. The summed E-state index contributed by atoms with van der Waals surface area (Å²) in [4.78, 5) is 0.446. The Bertz CT molecular complexity index is 554. The third kappa shape index (κ3) is 1.49. The quantitative estimate of drug-likeness (QED) is 0.802. The van der Waals surface area contributed by atoms with Gasteiger partial charge in [0, 0.05) is 12.0 Å². The maximum absolute atomic E-state index is 11.6. The van der Waals surface area contributed by atoms with Crippen molar-refractivity contribution in [3.63, 3.8) is 0 Å². The lowest BCUT2D eigenvalue weighted by Crippen LogP contribution is -2.08. The van der Waals surface area contributed by atoms with Gasteiger partial charge in [0.05, 0.1) is 4.90 Å². The van der Waals surface area contributed by atoms with Crippen LogP contribution in [0, 0.1) is 0 Å². The number of nitrogens with one attached hydrogen (secondary N) is 1. The molecule has 1 N–H and O–H groups in total. The van der Waals surface area contributed by atoms with Crippen LogP contribution >= 0.6 is 0 Å². The summed E-state index contributed by atoms with van der Waals surface area (Å²) in [5.74, 6) is 0.530. The maximum atomic E-state index is 11.6. The van der Waals surface area contributed by atoms with Crippen molar-refractivity contribution in [2.45, 2.75) is 17.2 Å². The van der Waals surface area contributed by atoms with Crippen LogP contribution < -0.4 is 5.32 Å². The van der Waals surface area contributed by atoms with Crippen molar-refractivity contribution in [3.05, 3.63) is 34.7 Å². The first-order valence-corrected chi connectivity index (χ1v) is 6.99. The Morgan fingerprint density at radius 2 is 2.19 bits per heavy atom. The van der Waals surface area contributed by atoms with Gasteiger partial charge in [-0.15, -0.1) is 0 Å². The van der Waals surface area contributed by atoms with Crippen molar-refractivity contribution >= 4 is 15.9 Å². The van der Waals surface area contributed by atoms with Crippen molar-refractivity contribution in [3.8, 4) is 0 Å². The minimum atomic E-state index is -3.14. The van der Waals surface area contributed by atoms with E-state index in [1.54, 1.807) is 12.1 Å². The number of rotatable bonds is 1. The van der Waals surface area contributed by atoms with Crippen molar-refractivity contribution in [2.24, 2.45) is 0 Å². The Hall–Kier alpha value is -1.13. The smallest absolute Gasteiger partial charge is 0.200 e. The molecule has 1 aromatic carbocycles. The molecule has 0 spiro atoms. The molecule has 16 heavy (non-hydrogen) atoms. The average molecular weight is 235 g/mol. The zero-order chi connectivity index (χ0) is 11.2. The van der Waals surface area contributed by atoms with E-state index in [1.807, 2.05) is 12.1 Å². The molecule has 0 aliphatic carbocycles. The van der Waals surface area contributed by atoms with Crippen molar-refractivity contribution in [2.75, 3.05) is 13.1 Å². The molecule has 0 bridgehead atoms. The van der Waals surface area contributed by atoms with Crippen LogP contribution in [-0.4, -0.2) is 21.5 Å². The molecule has 0 radical (unpaired) electrons. The lowest BCUT2D eigenvalue weighted by Gasteiger charge is -2.10. The van der Waals surface area contributed by atoms with Gasteiger partial charge in [-0.25, -0.2) is 8.42 Å². The SMILES string of the molecule is O=S1(=O)C=Cc2cc(C3CCNC3)ccc21. The van der Waals surface area contributed by atoms with Gasteiger partial charge < -0.3 is 5.32 Å². The number of hydrogen-bond donors (Lipinski definition) is 1. The van der Waals surface area contributed by atoms with Gasteiger partial charge in [0.25, 0.3) is 0 Å². The van der Waals surface area contributed by atoms with Crippen LogP contribution in [0.5, 0.6) is 0 Å². The summed E-state index contributed by atoms with van der Waals surface area (Å²) in [6, 6.07) is 5.69. The van der Waals surface area contributed by atoms with Crippen molar-refractivity contribution in [1.82, 2.24) is 5.32 Å². The van der Waals surface area contributed by atoms with Crippen LogP contribution in [0.2, 0.25) is 0 Å². The molecule has 84 valence electrons. The normalized spacial score (nSPS) is 25.9. The van der Waals surface area contributed by atoms with Gasteiger partial charge in [0.15, 0.2) is 9.84 Å². The molecule has 1 atom stereocenters. The van der Waals surface area contributed by atoms with Crippen LogP contribution in [0.4, 0.5) is 0 Å². The zero-order valence-corrected chi connectivity index (χ0v) is 9.63. The predicted molar refractivity (Wildman–Crippen MR) is 62.9 cm³/mol. The second kappa shape index (κ2) is 3.43. The fourth-order valence-corrected chi connectivity index (χ4v) is 3.57. The Labute approximate surface area is 95.1 Å². The maximum Gasteiger partial charge on any atom is 0.200 e. The van der Waals surface area contributed by atoms with Crippen LogP contribution in [0.3, 0.4) is 0 Å². The highest BCUT2D eigenvalue weighted by Crippen LogP contribution is 2.31. The second-order valence-electron chi connectivity index (χ2n) is 4.33. The Morgan fingerprint density at radius 1 is 1.31 bits per heavy atom. The highest BCUT2D eigenvalue weighted by atomic mass is 32.2. The van der Waals surface area contributed by atoms with Gasteiger partial charge >= 0.3 is 0 Å². The van der Waals surface area contributed by atoms with E-state index in [1.165, 1.54) is 11.0 Å². The lowest BCUT2D eigenvalue weighted by molar-refractivity contribution is 0.605. The molecule has 0 amide bonds. The topological polar surface area (TPSA) is 46.2 Å². The molecule has 3 rings (SSSR count).